The molecule has 1 heterocycles. The lowest BCUT2D eigenvalue weighted by molar-refractivity contribution is -0.122. The van der Waals surface area contributed by atoms with Gasteiger partial charge in [0, 0.05) is 11.5 Å². The molecule has 1 aliphatic rings. The van der Waals surface area contributed by atoms with E-state index in [0.29, 0.717) is 23.1 Å². The average molecular weight is 316 g/mol. The Labute approximate surface area is 132 Å². The van der Waals surface area contributed by atoms with E-state index in [-0.39, 0.29) is 6.54 Å². The largest absolute Gasteiger partial charge is 0.497 e. The number of hydrogen-bond acceptors (Lipinski definition) is 6. The summed E-state index contributed by atoms with van der Waals surface area (Å²) in [5.74, 6) is 0.766. The number of amides is 2. The van der Waals surface area contributed by atoms with E-state index in [1.807, 2.05) is 0 Å². The molecule has 0 unspecified atom stereocenters. The molecule has 3 rings (SSSR count). The van der Waals surface area contributed by atoms with Gasteiger partial charge in [0.2, 0.25) is 0 Å². The summed E-state index contributed by atoms with van der Waals surface area (Å²) in [7, 11) is 1.52. The average Bonchev–Trinajstić information content (AvgIpc) is 3.32. The van der Waals surface area contributed by atoms with Gasteiger partial charge in [-0.25, -0.2) is 4.68 Å². The summed E-state index contributed by atoms with van der Waals surface area (Å²) in [5, 5.41) is 11.3. The summed E-state index contributed by atoms with van der Waals surface area (Å²) in [6, 6.07) is 6.62. The molecule has 120 valence electrons. The van der Waals surface area contributed by atoms with E-state index < -0.39 is 11.8 Å². The summed E-state index contributed by atoms with van der Waals surface area (Å²) in [5.41, 5.74) is 5.08. The summed E-state index contributed by atoms with van der Waals surface area (Å²) < 4.78 is 6.50. The van der Waals surface area contributed by atoms with Gasteiger partial charge in [-0.15, -0.1) is 5.10 Å². The second-order valence-electron chi connectivity index (χ2n) is 5.20. The number of tetrazole rings is 1. The van der Waals surface area contributed by atoms with Gasteiger partial charge in [-0.05, 0) is 41.5 Å². The first-order valence-electron chi connectivity index (χ1n) is 7.16. The highest BCUT2D eigenvalue weighted by atomic mass is 16.5. The number of carbonyl (C=O) groups is 2. The van der Waals surface area contributed by atoms with Crippen LogP contribution < -0.4 is 15.6 Å². The predicted octanol–water partition coefficient (Wildman–Crippen LogP) is 0.0203. The highest BCUT2D eigenvalue weighted by Gasteiger charge is 2.29. The molecule has 9 heteroatoms. The molecule has 0 atom stereocenters. The number of carbonyl (C=O) groups excluding carboxylic acids is 2. The molecule has 23 heavy (non-hydrogen) atoms. The molecular formula is C14H16N6O3. The van der Waals surface area contributed by atoms with Gasteiger partial charge in [0.25, 0.3) is 11.8 Å². The van der Waals surface area contributed by atoms with Crippen LogP contribution in [0.15, 0.2) is 24.3 Å². The van der Waals surface area contributed by atoms with Gasteiger partial charge in [0.05, 0.1) is 7.11 Å². The fraction of sp³-hybridized carbons (Fsp3) is 0.357. The molecule has 2 amide bonds. The van der Waals surface area contributed by atoms with E-state index in [2.05, 4.69) is 26.4 Å². The van der Waals surface area contributed by atoms with E-state index in [1.165, 1.54) is 11.8 Å². The number of nitrogens with zero attached hydrogens (tertiary/aromatic N) is 4. The van der Waals surface area contributed by atoms with Gasteiger partial charge >= 0.3 is 0 Å². The molecule has 0 radical (unpaired) electrons. The minimum atomic E-state index is -0.434. The number of ether oxygens (including phenoxy) is 1. The minimum Gasteiger partial charge on any atom is -0.497 e. The number of hydrogen-bond donors (Lipinski definition) is 2. The lowest BCUT2D eigenvalue weighted by Crippen LogP contribution is -2.43. The van der Waals surface area contributed by atoms with Gasteiger partial charge in [-0.1, -0.05) is 6.07 Å². The van der Waals surface area contributed by atoms with E-state index in [9.17, 15) is 9.59 Å². The van der Waals surface area contributed by atoms with Crippen LogP contribution in [0, 0.1) is 0 Å². The summed E-state index contributed by atoms with van der Waals surface area (Å²) >= 11 is 0. The number of aromatic nitrogens is 4. The van der Waals surface area contributed by atoms with Crippen LogP contribution in [0.25, 0.3) is 0 Å². The highest BCUT2D eigenvalue weighted by Crippen LogP contribution is 2.38. The molecule has 0 saturated heterocycles. The van der Waals surface area contributed by atoms with E-state index >= 15 is 0 Å². The Hall–Kier alpha value is -2.97. The fourth-order valence-corrected chi connectivity index (χ4v) is 2.10. The maximum atomic E-state index is 12.0. The van der Waals surface area contributed by atoms with Crippen LogP contribution in [-0.2, 0) is 11.3 Å². The number of hydrazine groups is 1. The van der Waals surface area contributed by atoms with E-state index in [0.717, 1.165) is 12.8 Å². The molecule has 0 spiro atoms. The molecule has 0 aliphatic heterocycles. The summed E-state index contributed by atoms with van der Waals surface area (Å²) in [6.07, 6.45) is 2.07. The van der Waals surface area contributed by atoms with Crippen molar-refractivity contribution in [3.8, 4) is 5.75 Å². The van der Waals surface area contributed by atoms with Crippen molar-refractivity contribution in [3.63, 3.8) is 0 Å². The molecule has 2 aromatic rings. The fourth-order valence-electron chi connectivity index (χ4n) is 2.10. The van der Waals surface area contributed by atoms with Crippen molar-refractivity contribution in [2.45, 2.75) is 25.3 Å². The third-order valence-electron chi connectivity index (χ3n) is 3.44. The topological polar surface area (TPSA) is 111 Å². The maximum absolute atomic E-state index is 12.0. The zero-order valence-electron chi connectivity index (χ0n) is 12.5. The monoisotopic (exact) mass is 316 g/mol. The second-order valence-corrected chi connectivity index (χ2v) is 5.20. The molecule has 2 N–H and O–H groups in total. The van der Waals surface area contributed by atoms with Crippen molar-refractivity contribution in [3.05, 3.63) is 35.7 Å². The van der Waals surface area contributed by atoms with Gasteiger partial charge in [-0.3, -0.25) is 20.4 Å². The molecule has 9 nitrogen and oxygen atoms in total. The van der Waals surface area contributed by atoms with Gasteiger partial charge in [-0.2, -0.15) is 0 Å². The van der Waals surface area contributed by atoms with E-state index in [1.54, 1.807) is 24.3 Å². The zero-order chi connectivity index (χ0) is 16.2. The van der Waals surface area contributed by atoms with E-state index in [4.69, 9.17) is 4.74 Å². The molecule has 1 aromatic heterocycles. The van der Waals surface area contributed by atoms with Crippen molar-refractivity contribution in [1.82, 2.24) is 31.1 Å². The van der Waals surface area contributed by atoms with Crippen LogP contribution >= 0.6 is 0 Å². The Balaban J connectivity index is 1.54. The second kappa shape index (κ2) is 6.42. The highest BCUT2D eigenvalue weighted by molar-refractivity contribution is 5.95. The predicted molar refractivity (Wildman–Crippen MR) is 78.4 cm³/mol. The number of benzene rings is 1. The summed E-state index contributed by atoms with van der Waals surface area (Å²) in [4.78, 5) is 23.9. The third kappa shape index (κ3) is 3.62. The minimum absolute atomic E-state index is 0.0444. The van der Waals surface area contributed by atoms with Gasteiger partial charge in [0.15, 0.2) is 5.82 Å². The maximum Gasteiger partial charge on any atom is 0.269 e. The van der Waals surface area contributed by atoms with Crippen molar-refractivity contribution in [1.29, 1.82) is 0 Å². The standard InChI is InChI=1S/C14H16N6O3/c1-23-11-4-2-3-10(7-11)14(22)17-15-12(21)8-20-13(9-5-6-9)16-18-19-20/h2-4,7,9H,5-6,8H2,1H3,(H,15,21)(H,17,22). The van der Waals surface area contributed by atoms with Crippen molar-refractivity contribution in [2.24, 2.45) is 0 Å². The zero-order valence-corrected chi connectivity index (χ0v) is 12.5. The van der Waals surface area contributed by atoms with Crippen LogP contribution in [0.4, 0.5) is 0 Å². The third-order valence-corrected chi connectivity index (χ3v) is 3.44. The normalized spacial score (nSPS) is 13.4. The SMILES string of the molecule is COc1cccc(C(=O)NNC(=O)Cn2nnnc2C2CC2)c1. The molecule has 1 fully saturated rings. The Kier molecular flexibility index (Phi) is 4.18. The molecule has 0 bridgehead atoms. The smallest absolute Gasteiger partial charge is 0.269 e. The Bertz CT molecular complexity index is 725. The van der Waals surface area contributed by atoms with Crippen LogP contribution in [-0.4, -0.2) is 39.1 Å². The molecular weight excluding hydrogens is 300 g/mol. The van der Waals surface area contributed by atoms with Crippen LogP contribution in [0.2, 0.25) is 0 Å². The van der Waals surface area contributed by atoms with Crippen LogP contribution in [0.3, 0.4) is 0 Å². The van der Waals surface area contributed by atoms with Crippen molar-refractivity contribution >= 4 is 11.8 Å². The first-order chi connectivity index (χ1) is 11.2. The molecule has 1 aromatic carbocycles. The first-order valence-corrected chi connectivity index (χ1v) is 7.16. The number of methoxy groups -OCH3 is 1. The lowest BCUT2D eigenvalue weighted by atomic mass is 10.2. The Morgan fingerprint density at radius 3 is 2.91 bits per heavy atom. The van der Waals surface area contributed by atoms with Gasteiger partial charge < -0.3 is 4.74 Å². The van der Waals surface area contributed by atoms with Gasteiger partial charge in [0.1, 0.15) is 12.3 Å². The number of nitrogens with one attached hydrogen (secondary N) is 2. The number of rotatable bonds is 5. The molecule has 1 aliphatic carbocycles. The quantitative estimate of drug-likeness (QED) is 0.752. The lowest BCUT2D eigenvalue weighted by Gasteiger charge is -2.08. The van der Waals surface area contributed by atoms with Crippen molar-refractivity contribution in [2.75, 3.05) is 7.11 Å². The van der Waals surface area contributed by atoms with Crippen molar-refractivity contribution < 1.29 is 14.3 Å². The van der Waals surface area contributed by atoms with Crippen LogP contribution in [0.1, 0.15) is 34.9 Å². The van der Waals surface area contributed by atoms with Crippen LogP contribution in [0.5, 0.6) is 5.75 Å². The Morgan fingerprint density at radius 2 is 2.17 bits per heavy atom. The Morgan fingerprint density at radius 1 is 1.35 bits per heavy atom. The first kappa shape index (κ1) is 14.9. The molecule has 1 saturated carbocycles. The summed E-state index contributed by atoms with van der Waals surface area (Å²) in [6.45, 7) is -0.0444.